The van der Waals surface area contributed by atoms with E-state index in [9.17, 15) is 9.59 Å². The van der Waals surface area contributed by atoms with Gasteiger partial charge in [-0.05, 0) is 34.1 Å². The molecule has 112 valence electrons. The van der Waals surface area contributed by atoms with E-state index in [2.05, 4.69) is 22.9 Å². The molecular formula is C14H29N3O2. The predicted molar refractivity (Wildman–Crippen MR) is 77.9 cm³/mol. The summed E-state index contributed by atoms with van der Waals surface area (Å²) in [4.78, 5) is 23.2. The molecule has 0 spiro atoms. The second kappa shape index (κ2) is 9.78. The van der Waals surface area contributed by atoms with Gasteiger partial charge >= 0.3 is 0 Å². The average Bonchev–Trinajstić information content (AvgIpc) is 2.27. The molecule has 0 bridgehead atoms. The molecule has 5 nitrogen and oxygen atoms in total. The number of carbonyl (C=O) groups excluding carboxylic acids is 2. The van der Waals surface area contributed by atoms with Crippen LogP contribution in [-0.2, 0) is 9.59 Å². The van der Waals surface area contributed by atoms with Gasteiger partial charge in [0.15, 0.2) is 0 Å². The van der Waals surface area contributed by atoms with Gasteiger partial charge in [0.25, 0.3) is 0 Å². The highest BCUT2D eigenvalue weighted by atomic mass is 16.2. The molecule has 0 aromatic rings. The second-order valence-corrected chi connectivity index (χ2v) is 5.35. The zero-order valence-corrected chi connectivity index (χ0v) is 12.9. The van der Waals surface area contributed by atoms with Gasteiger partial charge in [0, 0.05) is 25.0 Å². The molecule has 5 heteroatoms. The van der Waals surface area contributed by atoms with Crippen molar-refractivity contribution in [3.05, 3.63) is 0 Å². The van der Waals surface area contributed by atoms with Gasteiger partial charge in [-0.1, -0.05) is 13.3 Å². The molecule has 0 saturated carbocycles. The van der Waals surface area contributed by atoms with Crippen LogP contribution >= 0.6 is 0 Å². The van der Waals surface area contributed by atoms with Gasteiger partial charge in [-0.15, -0.1) is 0 Å². The van der Waals surface area contributed by atoms with Crippen molar-refractivity contribution < 1.29 is 9.59 Å². The summed E-state index contributed by atoms with van der Waals surface area (Å²) in [7, 11) is 0. The van der Waals surface area contributed by atoms with Crippen LogP contribution < -0.4 is 16.0 Å². The van der Waals surface area contributed by atoms with Crippen LogP contribution in [0.5, 0.6) is 0 Å². The molecule has 0 heterocycles. The maximum atomic E-state index is 11.8. The van der Waals surface area contributed by atoms with Crippen LogP contribution in [0.1, 0.15) is 53.9 Å². The largest absolute Gasteiger partial charge is 0.354 e. The van der Waals surface area contributed by atoms with Crippen LogP contribution in [0.4, 0.5) is 0 Å². The van der Waals surface area contributed by atoms with Gasteiger partial charge in [0.2, 0.25) is 11.8 Å². The highest BCUT2D eigenvalue weighted by Crippen LogP contribution is 1.95. The highest BCUT2D eigenvalue weighted by molar-refractivity contribution is 5.81. The SMILES string of the molecule is CCCC(C)NC(=O)C(C)NCCC(=O)NC(C)C. The Labute approximate surface area is 116 Å². The van der Waals surface area contributed by atoms with E-state index in [-0.39, 0.29) is 29.9 Å². The molecule has 0 aliphatic carbocycles. The molecule has 0 aromatic carbocycles. The topological polar surface area (TPSA) is 70.2 Å². The summed E-state index contributed by atoms with van der Waals surface area (Å²) < 4.78 is 0. The Hall–Kier alpha value is -1.10. The smallest absolute Gasteiger partial charge is 0.237 e. The van der Waals surface area contributed by atoms with Gasteiger partial charge in [0.05, 0.1) is 6.04 Å². The minimum absolute atomic E-state index is 0.00876. The van der Waals surface area contributed by atoms with E-state index in [0.717, 1.165) is 12.8 Å². The third-order valence-electron chi connectivity index (χ3n) is 2.76. The van der Waals surface area contributed by atoms with Crippen LogP contribution in [0.2, 0.25) is 0 Å². The maximum absolute atomic E-state index is 11.8. The number of carbonyl (C=O) groups is 2. The number of amides is 2. The van der Waals surface area contributed by atoms with Crippen molar-refractivity contribution in [2.45, 2.75) is 72.0 Å². The zero-order valence-electron chi connectivity index (χ0n) is 12.9. The van der Waals surface area contributed by atoms with E-state index in [1.165, 1.54) is 0 Å². The molecule has 0 aliphatic heterocycles. The van der Waals surface area contributed by atoms with E-state index in [1.807, 2.05) is 27.7 Å². The van der Waals surface area contributed by atoms with Gasteiger partial charge in [-0.2, -0.15) is 0 Å². The van der Waals surface area contributed by atoms with Gasteiger partial charge in [-0.25, -0.2) is 0 Å². The minimum Gasteiger partial charge on any atom is -0.354 e. The van der Waals surface area contributed by atoms with Crippen molar-refractivity contribution in [2.24, 2.45) is 0 Å². The summed E-state index contributed by atoms with van der Waals surface area (Å²) in [5.74, 6) is -0.000299. The number of hydrogen-bond acceptors (Lipinski definition) is 3. The molecule has 0 radical (unpaired) electrons. The lowest BCUT2D eigenvalue weighted by molar-refractivity contribution is -0.124. The van der Waals surface area contributed by atoms with Crippen molar-refractivity contribution in [3.8, 4) is 0 Å². The van der Waals surface area contributed by atoms with Crippen LogP contribution in [0.25, 0.3) is 0 Å². The molecule has 0 fully saturated rings. The Morgan fingerprint density at radius 3 is 2.21 bits per heavy atom. The lowest BCUT2D eigenvalue weighted by Gasteiger charge is -2.18. The Bertz CT molecular complexity index is 280. The van der Waals surface area contributed by atoms with E-state index in [4.69, 9.17) is 0 Å². The van der Waals surface area contributed by atoms with Crippen molar-refractivity contribution in [3.63, 3.8) is 0 Å². The van der Waals surface area contributed by atoms with E-state index in [0.29, 0.717) is 13.0 Å². The van der Waals surface area contributed by atoms with E-state index < -0.39 is 0 Å². The fourth-order valence-corrected chi connectivity index (χ4v) is 1.76. The van der Waals surface area contributed by atoms with E-state index in [1.54, 1.807) is 0 Å². The maximum Gasteiger partial charge on any atom is 0.237 e. The first-order valence-corrected chi connectivity index (χ1v) is 7.19. The minimum atomic E-state index is -0.272. The van der Waals surface area contributed by atoms with E-state index >= 15 is 0 Å². The third kappa shape index (κ3) is 9.47. The number of nitrogens with one attached hydrogen (secondary N) is 3. The fourth-order valence-electron chi connectivity index (χ4n) is 1.76. The lowest BCUT2D eigenvalue weighted by Crippen LogP contribution is -2.46. The summed E-state index contributed by atoms with van der Waals surface area (Å²) in [5, 5.41) is 8.83. The third-order valence-corrected chi connectivity index (χ3v) is 2.76. The van der Waals surface area contributed by atoms with Crippen molar-refractivity contribution in [1.82, 2.24) is 16.0 Å². The molecule has 0 aromatic heterocycles. The van der Waals surface area contributed by atoms with Crippen LogP contribution in [0.3, 0.4) is 0 Å². The number of hydrogen-bond donors (Lipinski definition) is 3. The Morgan fingerprint density at radius 2 is 1.68 bits per heavy atom. The normalized spacial score (nSPS) is 14.0. The van der Waals surface area contributed by atoms with Crippen molar-refractivity contribution >= 4 is 11.8 Å². The summed E-state index contributed by atoms with van der Waals surface area (Å²) in [6, 6.07) is 0.0836. The van der Waals surface area contributed by atoms with Gasteiger partial charge in [0.1, 0.15) is 0 Å². The standard InChI is InChI=1S/C14H29N3O2/c1-6-7-11(4)17-14(19)12(5)15-9-8-13(18)16-10(2)3/h10-12,15H,6-9H2,1-5H3,(H,16,18)(H,17,19). The van der Waals surface area contributed by atoms with Crippen LogP contribution in [0.15, 0.2) is 0 Å². The summed E-state index contributed by atoms with van der Waals surface area (Å²) in [5.41, 5.74) is 0. The first-order chi connectivity index (χ1) is 8.86. The summed E-state index contributed by atoms with van der Waals surface area (Å²) in [6.45, 7) is 10.3. The average molecular weight is 271 g/mol. The molecule has 0 aliphatic rings. The molecule has 2 amide bonds. The molecule has 0 rings (SSSR count). The van der Waals surface area contributed by atoms with Crippen molar-refractivity contribution in [1.29, 1.82) is 0 Å². The second-order valence-electron chi connectivity index (χ2n) is 5.35. The zero-order chi connectivity index (χ0) is 14.8. The Balaban J connectivity index is 3.81. The monoisotopic (exact) mass is 271 g/mol. The number of rotatable bonds is 9. The summed E-state index contributed by atoms with van der Waals surface area (Å²) in [6.07, 6.45) is 2.42. The molecule has 3 N–H and O–H groups in total. The quantitative estimate of drug-likeness (QED) is 0.590. The first-order valence-electron chi connectivity index (χ1n) is 7.19. The highest BCUT2D eigenvalue weighted by Gasteiger charge is 2.14. The molecule has 2 unspecified atom stereocenters. The van der Waals surface area contributed by atoms with Gasteiger partial charge in [-0.3, -0.25) is 9.59 Å². The molecular weight excluding hydrogens is 242 g/mol. The predicted octanol–water partition coefficient (Wildman–Crippen LogP) is 1.18. The van der Waals surface area contributed by atoms with Crippen LogP contribution in [-0.4, -0.2) is 36.5 Å². The van der Waals surface area contributed by atoms with Gasteiger partial charge < -0.3 is 16.0 Å². The fraction of sp³-hybridized carbons (Fsp3) is 0.857. The Kier molecular flexibility index (Phi) is 9.21. The molecule has 19 heavy (non-hydrogen) atoms. The molecule has 0 saturated heterocycles. The van der Waals surface area contributed by atoms with Crippen LogP contribution in [0, 0.1) is 0 Å². The first kappa shape index (κ1) is 17.9. The molecule has 2 atom stereocenters. The lowest BCUT2D eigenvalue weighted by atomic mass is 10.2. The van der Waals surface area contributed by atoms with Crippen molar-refractivity contribution in [2.75, 3.05) is 6.54 Å². The summed E-state index contributed by atoms with van der Waals surface area (Å²) >= 11 is 0. The Morgan fingerprint density at radius 1 is 1.05 bits per heavy atom.